The molecule has 0 saturated heterocycles. The van der Waals surface area contributed by atoms with Crippen molar-refractivity contribution in [3.8, 4) is 0 Å². The number of aryl methyl sites for hydroxylation is 1. The van der Waals surface area contributed by atoms with Crippen LogP contribution in [0.25, 0.3) is 0 Å². The van der Waals surface area contributed by atoms with Gasteiger partial charge in [0.25, 0.3) is 0 Å². The molecule has 2 aliphatic rings. The summed E-state index contributed by atoms with van der Waals surface area (Å²) in [6.07, 6.45) is 9.78. The van der Waals surface area contributed by atoms with Crippen LogP contribution in [0.3, 0.4) is 0 Å². The quantitative estimate of drug-likeness (QED) is 0.417. The Morgan fingerprint density at radius 1 is 0.857 bits per heavy atom. The number of esters is 2. The fourth-order valence-electron chi connectivity index (χ4n) is 5.57. The average Bonchev–Trinajstić information content (AvgIpc) is 3.58. The molecule has 6 nitrogen and oxygen atoms in total. The molecular weight excluding hydrogens is 444 g/mol. The van der Waals surface area contributed by atoms with E-state index in [1.54, 1.807) is 24.3 Å². The highest BCUT2D eigenvalue weighted by Gasteiger charge is 2.57. The number of hydrogen-bond donors (Lipinski definition) is 0. The lowest BCUT2D eigenvalue weighted by atomic mass is 9.53. The van der Waals surface area contributed by atoms with E-state index in [2.05, 4.69) is 25.1 Å². The third kappa shape index (κ3) is 4.03. The van der Waals surface area contributed by atoms with Crippen LogP contribution >= 0.6 is 0 Å². The van der Waals surface area contributed by atoms with Gasteiger partial charge in [-0.15, -0.1) is 0 Å². The standard InChI is InChI=1S/C29H28O6/c1-18-10-4-5-11-20(18)24-21-12-6-7-15-29(21,3)19(2)25(34-27(30)22-13-8-16-32-22)26(24)35-28(31)23-14-9-17-33-23/h4-17,19,21,24-26H,1-3H3. The topological polar surface area (TPSA) is 78.9 Å². The van der Waals surface area contributed by atoms with Crippen LogP contribution in [0.15, 0.2) is 94.2 Å². The summed E-state index contributed by atoms with van der Waals surface area (Å²) < 4.78 is 22.8. The van der Waals surface area contributed by atoms with E-state index in [1.165, 1.54) is 12.5 Å². The van der Waals surface area contributed by atoms with Gasteiger partial charge in [0.05, 0.1) is 12.5 Å². The Labute approximate surface area is 204 Å². The lowest BCUT2D eigenvalue weighted by Crippen LogP contribution is -2.57. The Hall–Kier alpha value is -3.80. The van der Waals surface area contributed by atoms with E-state index in [-0.39, 0.29) is 34.7 Å². The first kappa shape index (κ1) is 23.0. The molecule has 1 fully saturated rings. The highest BCUT2D eigenvalue weighted by atomic mass is 16.6. The van der Waals surface area contributed by atoms with E-state index in [9.17, 15) is 9.59 Å². The van der Waals surface area contributed by atoms with E-state index in [0.717, 1.165) is 11.1 Å². The van der Waals surface area contributed by atoms with Crippen LogP contribution in [0.1, 0.15) is 52.0 Å². The third-order valence-electron chi connectivity index (χ3n) is 7.62. The van der Waals surface area contributed by atoms with Gasteiger partial charge in [-0.3, -0.25) is 0 Å². The second kappa shape index (κ2) is 9.10. The number of benzene rings is 1. The van der Waals surface area contributed by atoms with Gasteiger partial charge in [0.1, 0.15) is 12.2 Å². The van der Waals surface area contributed by atoms with E-state index in [1.807, 2.05) is 44.2 Å². The van der Waals surface area contributed by atoms with Crippen molar-refractivity contribution >= 4 is 11.9 Å². The number of ether oxygens (including phenoxy) is 2. The zero-order chi connectivity index (χ0) is 24.6. The second-order valence-corrected chi connectivity index (χ2v) is 9.50. The maximum absolute atomic E-state index is 13.1. The molecule has 0 bridgehead atoms. The number of furan rings is 2. The summed E-state index contributed by atoms with van der Waals surface area (Å²) in [6.45, 7) is 6.26. The minimum atomic E-state index is -0.753. The molecule has 0 amide bonds. The van der Waals surface area contributed by atoms with E-state index in [4.69, 9.17) is 18.3 Å². The molecule has 2 heterocycles. The molecular formula is C29H28O6. The van der Waals surface area contributed by atoms with Crippen LogP contribution in [0.5, 0.6) is 0 Å². The highest BCUT2D eigenvalue weighted by molar-refractivity contribution is 5.87. The van der Waals surface area contributed by atoms with Gasteiger partial charge in [0, 0.05) is 11.8 Å². The molecule has 2 aromatic heterocycles. The van der Waals surface area contributed by atoms with Gasteiger partial charge in [-0.25, -0.2) is 9.59 Å². The first-order valence-corrected chi connectivity index (χ1v) is 11.8. The molecule has 3 aromatic rings. The molecule has 0 aliphatic heterocycles. The summed E-state index contributed by atoms with van der Waals surface area (Å²) in [4.78, 5) is 26.2. The fraction of sp³-hybridized carbons (Fsp3) is 0.310. The SMILES string of the molecule is Cc1ccccc1C1C(OC(=O)c2ccco2)C(OC(=O)c2ccco2)C(C)C2(C)C=CC=CC12. The van der Waals surface area contributed by atoms with Crippen molar-refractivity contribution in [1.82, 2.24) is 0 Å². The summed E-state index contributed by atoms with van der Waals surface area (Å²) in [7, 11) is 0. The Bertz CT molecular complexity index is 1250. The molecule has 35 heavy (non-hydrogen) atoms. The zero-order valence-electron chi connectivity index (χ0n) is 19.9. The molecule has 2 aliphatic carbocycles. The van der Waals surface area contributed by atoms with E-state index < -0.39 is 24.1 Å². The van der Waals surface area contributed by atoms with Crippen LogP contribution in [0.4, 0.5) is 0 Å². The van der Waals surface area contributed by atoms with Gasteiger partial charge < -0.3 is 18.3 Å². The second-order valence-electron chi connectivity index (χ2n) is 9.50. The summed E-state index contributed by atoms with van der Waals surface area (Å²) in [5.41, 5.74) is 1.78. The zero-order valence-corrected chi connectivity index (χ0v) is 19.9. The van der Waals surface area contributed by atoms with Gasteiger partial charge in [0.2, 0.25) is 11.5 Å². The fourth-order valence-corrected chi connectivity index (χ4v) is 5.57. The summed E-state index contributed by atoms with van der Waals surface area (Å²) in [5, 5.41) is 0. The van der Waals surface area contributed by atoms with Gasteiger partial charge in [-0.05, 0) is 53.6 Å². The summed E-state index contributed by atoms with van der Waals surface area (Å²) in [5.74, 6) is -1.39. The smallest absolute Gasteiger partial charge is 0.374 e. The Balaban J connectivity index is 1.62. The molecule has 5 rings (SSSR count). The lowest BCUT2D eigenvalue weighted by Gasteiger charge is -2.54. The van der Waals surface area contributed by atoms with Crippen molar-refractivity contribution in [3.05, 3.63) is 108 Å². The van der Waals surface area contributed by atoms with Gasteiger partial charge in [0.15, 0.2) is 0 Å². The first-order valence-electron chi connectivity index (χ1n) is 11.8. The van der Waals surface area contributed by atoms with Crippen LogP contribution in [0, 0.1) is 24.2 Å². The number of hydrogen-bond acceptors (Lipinski definition) is 6. The number of allylic oxidation sites excluding steroid dienone is 4. The monoisotopic (exact) mass is 472 g/mol. The Morgan fingerprint density at radius 3 is 2.09 bits per heavy atom. The Morgan fingerprint density at radius 2 is 1.49 bits per heavy atom. The van der Waals surface area contributed by atoms with Crippen molar-refractivity contribution in [1.29, 1.82) is 0 Å². The van der Waals surface area contributed by atoms with Gasteiger partial charge in [-0.1, -0.05) is 62.4 Å². The predicted molar refractivity (Wildman–Crippen MR) is 129 cm³/mol. The maximum Gasteiger partial charge on any atom is 0.374 e. The molecule has 6 unspecified atom stereocenters. The third-order valence-corrected chi connectivity index (χ3v) is 7.62. The van der Waals surface area contributed by atoms with Crippen LogP contribution in [-0.4, -0.2) is 24.1 Å². The number of rotatable bonds is 5. The largest absolute Gasteiger partial charge is 0.457 e. The first-order chi connectivity index (χ1) is 16.9. The van der Waals surface area contributed by atoms with Crippen LogP contribution in [0.2, 0.25) is 0 Å². The van der Waals surface area contributed by atoms with Gasteiger partial charge in [-0.2, -0.15) is 0 Å². The van der Waals surface area contributed by atoms with E-state index in [0.29, 0.717) is 0 Å². The Kier molecular flexibility index (Phi) is 5.97. The van der Waals surface area contributed by atoms with Crippen molar-refractivity contribution in [3.63, 3.8) is 0 Å². The summed E-state index contributed by atoms with van der Waals surface area (Å²) >= 11 is 0. The predicted octanol–water partition coefficient (Wildman–Crippen LogP) is 6.11. The molecule has 6 heteroatoms. The highest BCUT2D eigenvalue weighted by Crippen LogP contribution is 2.56. The molecule has 1 aromatic carbocycles. The molecule has 180 valence electrons. The van der Waals surface area contributed by atoms with Crippen LogP contribution < -0.4 is 0 Å². The normalized spacial score (nSPS) is 29.4. The average molecular weight is 473 g/mol. The van der Waals surface area contributed by atoms with Crippen LogP contribution in [-0.2, 0) is 9.47 Å². The molecule has 6 atom stereocenters. The van der Waals surface area contributed by atoms with Gasteiger partial charge >= 0.3 is 11.9 Å². The molecule has 0 spiro atoms. The van der Waals surface area contributed by atoms with Crippen molar-refractivity contribution < 1.29 is 27.9 Å². The van der Waals surface area contributed by atoms with E-state index >= 15 is 0 Å². The molecule has 1 saturated carbocycles. The number of fused-ring (bicyclic) bond motifs is 1. The van der Waals surface area contributed by atoms with Crippen molar-refractivity contribution in [2.45, 2.75) is 38.9 Å². The maximum atomic E-state index is 13.1. The number of carbonyl (C=O) groups is 2. The summed E-state index contributed by atoms with van der Waals surface area (Å²) in [6, 6.07) is 14.5. The number of carbonyl (C=O) groups excluding carboxylic acids is 2. The lowest BCUT2D eigenvalue weighted by molar-refractivity contribution is -0.123. The molecule has 0 radical (unpaired) electrons. The minimum Gasteiger partial charge on any atom is -0.457 e. The minimum absolute atomic E-state index is 0.0107. The van der Waals surface area contributed by atoms with Crippen molar-refractivity contribution in [2.75, 3.05) is 0 Å². The van der Waals surface area contributed by atoms with Crippen molar-refractivity contribution in [2.24, 2.45) is 17.3 Å². The molecule has 0 N–H and O–H groups in total.